The number of ether oxygens (including phenoxy) is 1. The van der Waals surface area contributed by atoms with Crippen LogP contribution in [0.25, 0.3) is 0 Å². The molecule has 118 valence electrons. The molecule has 1 heterocycles. The van der Waals surface area contributed by atoms with Gasteiger partial charge in [-0.15, -0.1) is 6.58 Å². The Morgan fingerprint density at radius 3 is 2.91 bits per heavy atom. The molecule has 1 aliphatic rings. The summed E-state index contributed by atoms with van der Waals surface area (Å²) >= 11 is 0. The van der Waals surface area contributed by atoms with Gasteiger partial charge in [0.25, 0.3) is 0 Å². The summed E-state index contributed by atoms with van der Waals surface area (Å²) in [7, 11) is 0. The summed E-state index contributed by atoms with van der Waals surface area (Å²) < 4.78 is 5.86. The zero-order valence-electron chi connectivity index (χ0n) is 13.1. The SMILES string of the molecule is C=CCc1ccccc1OCCNC1=NCc2ccccc2N1. The van der Waals surface area contributed by atoms with Gasteiger partial charge in [-0.05, 0) is 29.7 Å². The van der Waals surface area contributed by atoms with Gasteiger partial charge in [0.15, 0.2) is 5.96 Å². The van der Waals surface area contributed by atoms with E-state index >= 15 is 0 Å². The Hall–Kier alpha value is -2.75. The first-order valence-electron chi connectivity index (χ1n) is 7.81. The summed E-state index contributed by atoms with van der Waals surface area (Å²) in [4.78, 5) is 4.49. The molecule has 4 heteroatoms. The highest BCUT2D eigenvalue weighted by molar-refractivity contribution is 5.95. The molecule has 0 radical (unpaired) electrons. The first-order chi connectivity index (χ1) is 11.4. The van der Waals surface area contributed by atoms with E-state index in [1.54, 1.807) is 0 Å². The van der Waals surface area contributed by atoms with Crippen molar-refractivity contribution >= 4 is 11.6 Å². The Morgan fingerprint density at radius 2 is 2.00 bits per heavy atom. The van der Waals surface area contributed by atoms with Crippen molar-refractivity contribution < 1.29 is 4.74 Å². The fourth-order valence-corrected chi connectivity index (χ4v) is 2.51. The molecule has 2 aromatic rings. The number of allylic oxidation sites excluding steroid dienone is 1. The number of nitrogens with zero attached hydrogens (tertiary/aromatic N) is 1. The van der Waals surface area contributed by atoms with E-state index in [0.717, 1.165) is 29.4 Å². The van der Waals surface area contributed by atoms with Crippen LogP contribution in [0, 0.1) is 0 Å². The van der Waals surface area contributed by atoms with Crippen molar-refractivity contribution in [2.75, 3.05) is 18.5 Å². The van der Waals surface area contributed by atoms with Crippen LogP contribution in [-0.2, 0) is 13.0 Å². The summed E-state index contributed by atoms with van der Waals surface area (Å²) in [5.41, 5.74) is 3.49. The molecule has 0 amide bonds. The van der Waals surface area contributed by atoms with Crippen LogP contribution < -0.4 is 15.4 Å². The van der Waals surface area contributed by atoms with Crippen molar-refractivity contribution in [3.05, 3.63) is 72.3 Å². The predicted molar refractivity (Wildman–Crippen MR) is 95.0 cm³/mol. The van der Waals surface area contributed by atoms with E-state index in [-0.39, 0.29) is 0 Å². The van der Waals surface area contributed by atoms with Gasteiger partial charge in [0.05, 0.1) is 13.1 Å². The second kappa shape index (κ2) is 7.49. The third-order valence-electron chi connectivity index (χ3n) is 3.67. The van der Waals surface area contributed by atoms with Crippen molar-refractivity contribution in [2.24, 2.45) is 4.99 Å². The maximum atomic E-state index is 5.86. The van der Waals surface area contributed by atoms with Gasteiger partial charge in [0.2, 0.25) is 0 Å². The average Bonchev–Trinajstić information content (AvgIpc) is 2.60. The lowest BCUT2D eigenvalue weighted by molar-refractivity contribution is 0.319. The summed E-state index contributed by atoms with van der Waals surface area (Å²) in [6.07, 6.45) is 2.70. The molecule has 0 bridgehead atoms. The Morgan fingerprint density at radius 1 is 1.17 bits per heavy atom. The number of aliphatic imine (C=N–C) groups is 1. The number of guanidine groups is 1. The minimum Gasteiger partial charge on any atom is -0.491 e. The molecule has 23 heavy (non-hydrogen) atoms. The van der Waals surface area contributed by atoms with Gasteiger partial charge in [0, 0.05) is 5.69 Å². The summed E-state index contributed by atoms with van der Waals surface area (Å²) in [5.74, 6) is 1.71. The van der Waals surface area contributed by atoms with Crippen LogP contribution in [0.4, 0.5) is 5.69 Å². The van der Waals surface area contributed by atoms with E-state index in [1.165, 1.54) is 5.56 Å². The van der Waals surface area contributed by atoms with E-state index < -0.39 is 0 Å². The first kappa shape index (κ1) is 15.2. The maximum Gasteiger partial charge on any atom is 0.196 e. The topological polar surface area (TPSA) is 45.6 Å². The molecule has 0 unspecified atom stereocenters. The molecule has 0 atom stereocenters. The van der Waals surface area contributed by atoms with Crippen LogP contribution in [0.5, 0.6) is 5.75 Å². The lowest BCUT2D eigenvalue weighted by atomic mass is 10.1. The molecule has 0 saturated carbocycles. The third-order valence-corrected chi connectivity index (χ3v) is 3.67. The van der Waals surface area contributed by atoms with Gasteiger partial charge in [-0.2, -0.15) is 0 Å². The quantitative estimate of drug-likeness (QED) is 0.635. The zero-order chi connectivity index (χ0) is 15.9. The Balaban J connectivity index is 1.48. The smallest absolute Gasteiger partial charge is 0.196 e. The lowest BCUT2D eigenvalue weighted by Gasteiger charge is -2.19. The number of fused-ring (bicyclic) bond motifs is 1. The number of anilines is 1. The molecule has 2 aromatic carbocycles. The number of nitrogens with one attached hydrogen (secondary N) is 2. The first-order valence-corrected chi connectivity index (χ1v) is 7.81. The molecule has 0 aliphatic carbocycles. The predicted octanol–water partition coefficient (Wildman–Crippen LogP) is 3.37. The minimum atomic E-state index is 0.580. The summed E-state index contributed by atoms with van der Waals surface area (Å²) in [6, 6.07) is 16.3. The summed E-state index contributed by atoms with van der Waals surface area (Å²) in [6.45, 7) is 5.75. The monoisotopic (exact) mass is 307 g/mol. The lowest BCUT2D eigenvalue weighted by Crippen LogP contribution is -2.35. The van der Waals surface area contributed by atoms with Crippen LogP contribution in [-0.4, -0.2) is 19.1 Å². The van der Waals surface area contributed by atoms with Gasteiger partial charge >= 0.3 is 0 Å². The highest BCUT2D eigenvalue weighted by Gasteiger charge is 2.10. The Kier molecular flexibility index (Phi) is 4.94. The molecule has 0 spiro atoms. The number of hydrogen-bond acceptors (Lipinski definition) is 4. The van der Waals surface area contributed by atoms with Crippen molar-refractivity contribution in [1.82, 2.24) is 5.32 Å². The molecule has 0 saturated heterocycles. The van der Waals surface area contributed by atoms with Crippen LogP contribution in [0.1, 0.15) is 11.1 Å². The van der Waals surface area contributed by atoms with Crippen molar-refractivity contribution in [1.29, 1.82) is 0 Å². The van der Waals surface area contributed by atoms with E-state index in [2.05, 4.69) is 40.4 Å². The molecule has 0 fully saturated rings. The van der Waals surface area contributed by atoms with E-state index in [4.69, 9.17) is 4.74 Å². The number of rotatable bonds is 6. The van der Waals surface area contributed by atoms with Crippen molar-refractivity contribution in [3.63, 3.8) is 0 Å². The van der Waals surface area contributed by atoms with Crippen molar-refractivity contribution in [3.8, 4) is 5.75 Å². The van der Waals surface area contributed by atoms with Gasteiger partial charge < -0.3 is 15.4 Å². The highest BCUT2D eigenvalue weighted by Crippen LogP contribution is 2.19. The molecule has 1 aliphatic heterocycles. The highest BCUT2D eigenvalue weighted by atomic mass is 16.5. The second-order valence-corrected chi connectivity index (χ2v) is 5.32. The molecule has 0 aromatic heterocycles. The standard InChI is InChI=1S/C19H21N3O/c1-2-7-15-8-4-6-11-18(15)23-13-12-20-19-21-14-16-9-3-5-10-17(16)22-19/h2-6,8-11H,1,7,12-14H2,(H2,20,21,22). The number of hydrogen-bond donors (Lipinski definition) is 2. The number of benzene rings is 2. The molecule has 2 N–H and O–H groups in total. The second-order valence-electron chi connectivity index (χ2n) is 5.32. The fraction of sp³-hybridized carbons (Fsp3) is 0.211. The number of para-hydroxylation sites is 2. The summed E-state index contributed by atoms with van der Waals surface area (Å²) in [5, 5.41) is 6.58. The molecular weight excluding hydrogens is 286 g/mol. The maximum absolute atomic E-state index is 5.86. The van der Waals surface area contributed by atoms with Gasteiger partial charge in [-0.3, -0.25) is 0 Å². The third kappa shape index (κ3) is 3.92. The fourth-order valence-electron chi connectivity index (χ4n) is 2.51. The van der Waals surface area contributed by atoms with E-state index in [0.29, 0.717) is 19.7 Å². The van der Waals surface area contributed by atoms with Crippen LogP contribution >= 0.6 is 0 Å². The Bertz CT molecular complexity index is 709. The largest absolute Gasteiger partial charge is 0.491 e. The zero-order valence-corrected chi connectivity index (χ0v) is 13.1. The molecular formula is C19H21N3O. The van der Waals surface area contributed by atoms with Gasteiger partial charge in [0.1, 0.15) is 12.4 Å². The Labute approximate surface area is 136 Å². The van der Waals surface area contributed by atoms with Crippen molar-refractivity contribution in [2.45, 2.75) is 13.0 Å². The normalized spacial score (nSPS) is 12.6. The molecule has 3 rings (SSSR count). The molecule has 4 nitrogen and oxygen atoms in total. The van der Waals surface area contributed by atoms with Crippen LogP contribution in [0.15, 0.2) is 66.2 Å². The van der Waals surface area contributed by atoms with Crippen LogP contribution in [0.3, 0.4) is 0 Å². The van der Waals surface area contributed by atoms with Gasteiger partial charge in [-0.1, -0.05) is 42.5 Å². The average molecular weight is 307 g/mol. The minimum absolute atomic E-state index is 0.580. The van der Waals surface area contributed by atoms with Gasteiger partial charge in [-0.25, -0.2) is 4.99 Å². The van der Waals surface area contributed by atoms with E-state index in [1.807, 2.05) is 36.4 Å². The van der Waals surface area contributed by atoms with E-state index in [9.17, 15) is 0 Å². The van der Waals surface area contributed by atoms with Crippen LogP contribution in [0.2, 0.25) is 0 Å².